The van der Waals surface area contributed by atoms with Crippen LogP contribution < -0.4 is 0 Å². The van der Waals surface area contributed by atoms with Crippen molar-refractivity contribution in [3.05, 3.63) is 224 Å². The van der Waals surface area contributed by atoms with Crippen molar-refractivity contribution in [2.45, 2.75) is 0 Å². The summed E-state index contributed by atoms with van der Waals surface area (Å²) in [5.41, 5.74) is 14.0. The standard InChI is InChI=1S/C57H37N3S/c1-5-17-38(18-6-1)44-32-45(39-19-7-2-8-20-39)35-48(34-44)56-58-55(43-26-15-25-42(31-43)50-28-16-29-52-51-27-13-14-30-53(51)61-54(50)52)59-57(60-56)49-36-46(40-21-9-3-10-22-40)33-47(37-49)41-23-11-4-12-24-41/h1-37H. The SMILES string of the molecule is c1ccc(-c2cc(-c3ccccc3)cc(-c3nc(-c4cc(-c5ccccc5)cc(-c5ccccc5)c4)nc(-c4cccc(-c5cccc6c5sc5ccccc56)c4)n3)c2)cc1. The normalized spacial score (nSPS) is 11.3. The van der Waals surface area contributed by atoms with Crippen molar-refractivity contribution in [2.24, 2.45) is 0 Å². The van der Waals surface area contributed by atoms with Crippen LogP contribution in [0.2, 0.25) is 0 Å². The maximum atomic E-state index is 5.36. The van der Waals surface area contributed by atoms with Crippen molar-refractivity contribution >= 4 is 31.5 Å². The smallest absolute Gasteiger partial charge is 0.164 e. The van der Waals surface area contributed by atoms with Crippen molar-refractivity contribution in [3.63, 3.8) is 0 Å². The first kappa shape index (κ1) is 36.3. The summed E-state index contributed by atoms with van der Waals surface area (Å²) in [7, 11) is 0. The molecule has 3 nitrogen and oxygen atoms in total. The zero-order valence-corrected chi connectivity index (χ0v) is 33.9. The van der Waals surface area contributed by atoms with Crippen molar-refractivity contribution in [2.75, 3.05) is 0 Å². The lowest BCUT2D eigenvalue weighted by Crippen LogP contribution is -2.01. The van der Waals surface area contributed by atoms with Gasteiger partial charge < -0.3 is 0 Å². The average Bonchev–Trinajstić information content (AvgIpc) is 3.74. The van der Waals surface area contributed by atoms with Gasteiger partial charge in [-0.15, -0.1) is 11.3 Å². The van der Waals surface area contributed by atoms with E-state index in [1.807, 2.05) is 11.3 Å². The zero-order valence-electron chi connectivity index (χ0n) is 33.1. The summed E-state index contributed by atoms with van der Waals surface area (Å²) in [6.45, 7) is 0. The predicted molar refractivity (Wildman–Crippen MR) is 256 cm³/mol. The molecule has 11 rings (SSSR count). The topological polar surface area (TPSA) is 38.7 Å². The Morgan fingerprint density at radius 3 is 1.08 bits per heavy atom. The molecule has 0 saturated heterocycles. The van der Waals surface area contributed by atoms with Crippen molar-refractivity contribution in [3.8, 4) is 89.8 Å². The number of fused-ring (bicyclic) bond motifs is 3. The maximum absolute atomic E-state index is 5.36. The van der Waals surface area contributed by atoms with Crippen LogP contribution in [0.3, 0.4) is 0 Å². The Kier molecular flexibility index (Phi) is 9.38. The summed E-state index contributed by atoms with van der Waals surface area (Å²) in [4.78, 5) is 16.0. The molecule has 61 heavy (non-hydrogen) atoms. The number of rotatable bonds is 8. The van der Waals surface area contributed by atoms with Crippen LogP contribution in [0.4, 0.5) is 0 Å². The molecule has 0 unspecified atom stereocenters. The van der Waals surface area contributed by atoms with Crippen LogP contribution in [0.1, 0.15) is 0 Å². The number of aromatic nitrogens is 3. The van der Waals surface area contributed by atoms with E-state index in [1.54, 1.807) is 0 Å². The van der Waals surface area contributed by atoms with E-state index in [9.17, 15) is 0 Å². The summed E-state index contributed by atoms with van der Waals surface area (Å²) in [5, 5.41) is 2.56. The molecule has 0 amide bonds. The van der Waals surface area contributed by atoms with Gasteiger partial charge in [-0.1, -0.05) is 176 Å². The van der Waals surface area contributed by atoms with Crippen molar-refractivity contribution in [1.82, 2.24) is 15.0 Å². The van der Waals surface area contributed by atoms with Gasteiger partial charge in [0.25, 0.3) is 0 Å². The molecule has 2 heterocycles. The van der Waals surface area contributed by atoms with Gasteiger partial charge in [-0.3, -0.25) is 0 Å². The third kappa shape index (κ3) is 7.20. The highest BCUT2D eigenvalue weighted by molar-refractivity contribution is 7.26. The molecule has 0 bridgehead atoms. The van der Waals surface area contributed by atoms with Crippen LogP contribution in [0.25, 0.3) is 110 Å². The van der Waals surface area contributed by atoms with Crippen LogP contribution in [-0.2, 0) is 0 Å². The second-order valence-corrected chi connectivity index (χ2v) is 16.3. The predicted octanol–water partition coefficient (Wildman–Crippen LogP) is 15.6. The van der Waals surface area contributed by atoms with E-state index < -0.39 is 0 Å². The van der Waals surface area contributed by atoms with Gasteiger partial charge in [-0.2, -0.15) is 0 Å². The second-order valence-electron chi connectivity index (χ2n) is 15.2. The minimum atomic E-state index is 0.610. The Hall–Kier alpha value is -7.79. The molecule has 0 fully saturated rings. The van der Waals surface area contributed by atoms with Crippen molar-refractivity contribution in [1.29, 1.82) is 0 Å². The first-order chi connectivity index (χ1) is 30.2. The maximum Gasteiger partial charge on any atom is 0.164 e. The quantitative estimate of drug-likeness (QED) is 0.154. The number of benzene rings is 9. The summed E-state index contributed by atoms with van der Waals surface area (Å²) >= 11 is 1.84. The molecule has 0 aliphatic heterocycles. The van der Waals surface area contributed by atoms with E-state index in [4.69, 9.17) is 15.0 Å². The third-order valence-electron chi connectivity index (χ3n) is 11.3. The van der Waals surface area contributed by atoms with Gasteiger partial charge in [0.15, 0.2) is 17.5 Å². The summed E-state index contributed by atoms with van der Waals surface area (Å²) in [6.07, 6.45) is 0. The summed E-state index contributed by atoms with van der Waals surface area (Å²) in [6, 6.07) is 79.4. The Bertz CT molecular complexity index is 3080. The van der Waals surface area contributed by atoms with E-state index in [2.05, 4.69) is 224 Å². The lowest BCUT2D eigenvalue weighted by molar-refractivity contribution is 1.07. The number of hydrogen-bond donors (Lipinski definition) is 0. The molecule has 2 aromatic heterocycles. The minimum Gasteiger partial charge on any atom is -0.208 e. The molecule has 0 N–H and O–H groups in total. The van der Waals surface area contributed by atoms with E-state index in [0.717, 1.165) is 66.8 Å². The highest BCUT2D eigenvalue weighted by Crippen LogP contribution is 2.41. The first-order valence-corrected chi connectivity index (χ1v) is 21.3. The first-order valence-electron chi connectivity index (χ1n) is 20.5. The van der Waals surface area contributed by atoms with Gasteiger partial charge in [0.2, 0.25) is 0 Å². The molecule has 0 aliphatic rings. The zero-order chi connectivity index (χ0) is 40.5. The molecule has 0 aliphatic carbocycles. The molecule has 11 aromatic rings. The molecule has 0 saturated carbocycles. The fourth-order valence-corrected chi connectivity index (χ4v) is 9.50. The van der Waals surface area contributed by atoms with Crippen molar-refractivity contribution < 1.29 is 0 Å². The highest BCUT2D eigenvalue weighted by Gasteiger charge is 2.18. The highest BCUT2D eigenvalue weighted by atomic mass is 32.1. The van der Waals surface area contributed by atoms with Crippen LogP contribution in [-0.4, -0.2) is 15.0 Å². The van der Waals surface area contributed by atoms with E-state index >= 15 is 0 Å². The second kappa shape index (κ2) is 15.8. The molecular formula is C57H37N3S. The van der Waals surface area contributed by atoms with Gasteiger partial charge >= 0.3 is 0 Å². The van der Waals surface area contributed by atoms with Gasteiger partial charge in [-0.05, 0) is 104 Å². The fraction of sp³-hybridized carbons (Fsp3) is 0. The summed E-state index contributed by atoms with van der Waals surface area (Å²) in [5.74, 6) is 1.83. The molecular weight excluding hydrogens is 759 g/mol. The van der Waals surface area contributed by atoms with E-state index in [-0.39, 0.29) is 0 Å². The third-order valence-corrected chi connectivity index (χ3v) is 12.5. The van der Waals surface area contributed by atoms with E-state index in [0.29, 0.717) is 17.5 Å². The van der Waals surface area contributed by atoms with Gasteiger partial charge in [0.05, 0.1) is 0 Å². The number of hydrogen-bond acceptors (Lipinski definition) is 4. The van der Waals surface area contributed by atoms with Gasteiger partial charge in [0, 0.05) is 36.9 Å². The average molecular weight is 796 g/mol. The van der Waals surface area contributed by atoms with Crippen LogP contribution in [0.5, 0.6) is 0 Å². The van der Waals surface area contributed by atoms with E-state index in [1.165, 1.54) is 25.7 Å². The Morgan fingerprint density at radius 2 is 0.590 bits per heavy atom. The largest absolute Gasteiger partial charge is 0.208 e. The molecule has 0 atom stereocenters. The van der Waals surface area contributed by atoms with Crippen LogP contribution in [0.15, 0.2) is 224 Å². The lowest BCUT2D eigenvalue weighted by Gasteiger charge is -2.14. The minimum absolute atomic E-state index is 0.610. The summed E-state index contributed by atoms with van der Waals surface area (Å²) < 4.78 is 2.56. The van der Waals surface area contributed by atoms with Gasteiger partial charge in [-0.25, -0.2) is 15.0 Å². The molecule has 4 heteroatoms. The Labute approximate surface area is 359 Å². The number of thiophene rings is 1. The lowest BCUT2D eigenvalue weighted by atomic mass is 9.95. The van der Waals surface area contributed by atoms with Gasteiger partial charge in [0.1, 0.15) is 0 Å². The molecule has 9 aromatic carbocycles. The fourth-order valence-electron chi connectivity index (χ4n) is 8.27. The molecule has 0 radical (unpaired) electrons. The monoisotopic (exact) mass is 795 g/mol. The number of nitrogens with zero attached hydrogens (tertiary/aromatic N) is 3. The Morgan fingerprint density at radius 1 is 0.246 bits per heavy atom. The molecule has 286 valence electrons. The van der Waals surface area contributed by atoms with Crippen LogP contribution in [0, 0.1) is 0 Å². The Balaban J connectivity index is 1.14. The molecule has 0 spiro atoms. The van der Waals surface area contributed by atoms with Crippen LogP contribution >= 0.6 is 11.3 Å².